The first-order valence-corrected chi connectivity index (χ1v) is 7.35. The second-order valence-corrected chi connectivity index (χ2v) is 6.03. The number of rotatable bonds is 6. The number of nitrogens with zero attached hydrogens (tertiary/aromatic N) is 1. The van der Waals surface area contributed by atoms with E-state index in [4.69, 9.17) is 5.73 Å². The summed E-state index contributed by atoms with van der Waals surface area (Å²) in [6, 6.07) is 7.92. The molecule has 1 aliphatic carbocycles. The number of halogens is 1. The van der Waals surface area contributed by atoms with E-state index in [1.807, 2.05) is 31.3 Å². The van der Waals surface area contributed by atoms with Crippen molar-refractivity contribution in [2.24, 2.45) is 11.7 Å². The third-order valence-corrected chi connectivity index (χ3v) is 3.97. The van der Waals surface area contributed by atoms with Crippen molar-refractivity contribution in [1.29, 1.82) is 0 Å². The third-order valence-electron chi connectivity index (χ3n) is 3.48. The van der Waals surface area contributed by atoms with Gasteiger partial charge in [0, 0.05) is 22.7 Å². The number of carbonyl (C=O) groups is 1. The Morgan fingerprint density at radius 1 is 1.58 bits per heavy atom. The molecule has 1 saturated carbocycles. The highest BCUT2D eigenvalue weighted by Crippen LogP contribution is 2.34. The molecule has 5 heteroatoms. The van der Waals surface area contributed by atoms with Crippen LogP contribution in [-0.2, 0) is 4.79 Å². The van der Waals surface area contributed by atoms with Crippen molar-refractivity contribution in [1.82, 2.24) is 4.90 Å². The first-order valence-electron chi connectivity index (χ1n) is 6.56. The lowest BCUT2D eigenvalue weighted by Gasteiger charge is -2.26. The SMILES string of the molecule is CN(CC(=O)Nc1cccc(Br)c1)C(CN)C1CC1. The second-order valence-electron chi connectivity index (χ2n) is 5.11. The third kappa shape index (κ3) is 4.30. The van der Waals surface area contributed by atoms with Gasteiger partial charge in [0.05, 0.1) is 6.54 Å². The van der Waals surface area contributed by atoms with E-state index >= 15 is 0 Å². The molecule has 1 aliphatic rings. The summed E-state index contributed by atoms with van der Waals surface area (Å²) in [6.07, 6.45) is 2.47. The minimum Gasteiger partial charge on any atom is -0.329 e. The summed E-state index contributed by atoms with van der Waals surface area (Å²) in [5.74, 6) is 0.674. The first-order chi connectivity index (χ1) is 9.10. The average molecular weight is 326 g/mol. The van der Waals surface area contributed by atoms with Crippen molar-refractivity contribution < 1.29 is 4.79 Å². The fraction of sp³-hybridized carbons (Fsp3) is 0.500. The van der Waals surface area contributed by atoms with Gasteiger partial charge < -0.3 is 11.1 Å². The van der Waals surface area contributed by atoms with E-state index in [1.165, 1.54) is 12.8 Å². The van der Waals surface area contributed by atoms with E-state index in [-0.39, 0.29) is 5.91 Å². The second kappa shape index (κ2) is 6.50. The quantitative estimate of drug-likeness (QED) is 0.841. The molecule has 0 radical (unpaired) electrons. The van der Waals surface area contributed by atoms with Crippen LogP contribution in [0.1, 0.15) is 12.8 Å². The molecule has 1 aromatic rings. The molecule has 1 unspecified atom stereocenters. The van der Waals surface area contributed by atoms with Crippen LogP contribution in [0.2, 0.25) is 0 Å². The number of anilines is 1. The summed E-state index contributed by atoms with van der Waals surface area (Å²) >= 11 is 3.39. The van der Waals surface area contributed by atoms with Crippen molar-refractivity contribution >= 4 is 27.5 Å². The molecule has 0 bridgehead atoms. The Morgan fingerprint density at radius 2 is 2.32 bits per heavy atom. The van der Waals surface area contributed by atoms with Gasteiger partial charge in [-0.2, -0.15) is 0 Å². The normalized spacial score (nSPS) is 16.4. The molecule has 1 atom stereocenters. The van der Waals surface area contributed by atoms with Gasteiger partial charge in [0.2, 0.25) is 5.91 Å². The van der Waals surface area contributed by atoms with Crippen LogP contribution in [0.3, 0.4) is 0 Å². The molecule has 1 fully saturated rings. The fourth-order valence-corrected chi connectivity index (χ4v) is 2.72. The number of nitrogens with one attached hydrogen (secondary N) is 1. The van der Waals surface area contributed by atoms with Crippen LogP contribution in [0.4, 0.5) is 5.69 Å². The van der Waals surface area contributed by atoms with Gasteiger partial charge >= 0.3 is 0 Å². The van der Waals surface area contributed by atoms with Crippen LogP contribution in [0.5, 0.6) is 0 Å². The number of nitrogens with two attached hydrogens (primary N) is 1. The summed E-state index contributed by atoms with van der Waals surface area (Å²) in [5, 5.41) is 2.90. The highest BCUT2D eigenvalue weighted by molar-refractivity contribution is 9.10. The molecule has 1 aromatic carbocycles. The summed E-state index contributed by atoms with van der Waals surface area (Å²) in [5.41, 5.74) is 6.59. The Kier molecular flexibility index (Phi) is 4.96. The number of likely N-dealkylation sites (N-methyl/N-ethyl adjacent to an activating group) is 1. The number of hydrogen-bond acceptors (Lipinski definition) is 3. The van der Waals surface area contributed by atoms with Gasteiger partial charge in [-0.25, -0.2) is 0 Å². The summed E-state index contributed by atoms with van der Waals surface area (Å²) in [6.45, 7) is 0.996. The molecular formula is C14H20BrN3O. The van der Waals surface area contributed by atoms with E-state index in [0.717, 1.165) is 10.2 Å². The topological polar surface area (TPSA) is 58.4 Å². The molecule has 0 heterocycles. The molecule has 4 nitrogen and oxygen atoms in total. The van der Waals surface area contributed by atoms with Crippen LogP contribution in [-0.4, -0.2) is 37.0 Å². The van der Waals surface area contributed by atoms with Crippen molar-refractivity contribution in [2.45, 2.75) is 18.9 Å². The van der Waals surface area contributed by atoms with Crippen LogP contribution in [0.25, 0.3) is 0 Å². The molecule has 0 aromatic heterocycles. The molecule has 2 rings (SSSR count). The maximum absolute atomic E-state index is 12.0. The zero-order valence-corrected chi connectivity index (χ0v) is 12.7. The monoisotopic (exact) mass is 325 g/mol. The summed E-state index contributed by atoms with van der Waals surface area (Å²) in [7, 11) is 1.97. The summed E-state index contributed by atoms with van der Waals surface area (Å²) < 4.78 is 0.955. The number of benzene rings is 1. The van der Waals surface area contributed by atoms with Crippen LogP contribution < -0.4 is 11.1 Å². The fourth-order valence-electron chi connectivity index (χ4n) is 2.32. The molecule has 3 N–H and O–H groups in total. The van der Waals surface area contributed by atoms with E-state index in [0.29, 0.717) is 25.0 Å². The summed E-state index contributed by atoms with van der Waals surface area (Å²) in [4.78, 5) is 14.0. The van der Waals surface area contributed by atoms with E-state index < -0.39 is 0 Å². The number of hydrogen-bond donors (Lipinski definition) is 2. The maximum atomic E-state index is 12.0. The Hall–Kier alpha value is -0.910. The molecule has 104 valence electrons. The van der Waals surface area contributed by atoms with Crippen molar-refractivity contribution in [3.05, 3.63) is 28.7 Å². The van der Waals surface area contributed by atoms with Gasteiger partial charge in [0.25, 0.3) is 0 Å². The number of amides is 1. The maximum Gasteiger partial charge on any atom is 0.238 e. The van der Waals surface area contributed by atoms with Crippen LogP contribution in [0.15, 0.2) is 28.7 Å². The van der Waals surface area contributed by atoms with Crippen LogP contribution >= 0.6 is 15.9 Å². The molecule has 19 heavy (non-hydrogen) atoms. The van der Waals surface area contributed by atoms with Gasteiger partial charge in [0.1, 0.15) is 0 Å². The molecule has 1 amide bonds. The lowest BCUT2D eigenvalue weighted by Crippen LogP contribution is -2.43. The minimum absolute atomic E-state index is 0.000278. The standard InChI is InChI=1S/C14H20BrN3O/c1-18(13(8-16)10-5-6-10)9-14(19)17-12-4-2-3-11(15)7-12/h2-4,7,10,13H,5-6,8-9,16H2,1H3,(H,17,19). The number of carbonyl (C=O) groups excluding carboxylic acids is 1. The zero-order chi connectivity index (χ0) is 13.8. The lowest BCUT2D eigenvalue weighted by molar-refractivity contribution is -0.117. The van der Waals surface area contributed by atoms with Gasteiger partial charge in [-0.3, -0.25) is 9.69 Å². The van der Waals surface area contributed by atoms with Crippen molar-refractivity contribution in [3.8, 4) is 0 Å². The molecular weight excluding hydrogens is 306 g/mol. The Balaban J connectivity index is 1.86. The Morgan fingerprint density at radius 3 is 2.89 bits per heavy atom. The minimum atomic E-state index is -0.000278. The van der Waals surface area contributed by atoms with E-state index in [1.54, 1.807) is 0 Å². The van der Waals surface area contributed by atoms with Crippen molar-refractivity contribution in [3.63, 3.8) is 0 Å². The predicted molar refractivity (Wildman–Crippen MR) is 81.0 cm³/mol. The van der Waals surface area contributed by atoms with Gasteiger partial charge in [-0.15, -0.1) is 0 Å². The molecule has 0 saturated heterocycles. The van der Waals surface area contributed by atoms with Gasteiger partial charge in [-0.05, 0) is 44.0 Å². The van der Waals surface area contributed by atoms with Gasteiger partial charge in [-0.1, -0.05) is 22.0 Å². The predicted octanol–water partition coefficient (Wildman–Crippen LogP) is 2.06. The lowest BCUT2D eigenvalue weighted by atomic mass is 10.1. The van der Waals surface area contributed by atoms with Gasteiger partial charge in [0.15, 0.2) is 0 Å². The highest BCUT2D eigenvalue weighted by Gasteiger charge is 2.33. The highest BCUT2D eigenvalue weighted by atomic mass is 79.9. The smallest absolute Gasteiger partial charge is 0.238 e. The van der Waals surface area contributed by atoms with Crippen molar-refractivity contribution in [2.75, 3.05) is 25.5 Å². The van der Waals surface area contributed by atoms with E-state index in [2.05, 4.69) is 26.1 Å². The zero-order valence-electron chi connectivity index (χ0n) is 11.1. The molecule has 0 spiro atoms. The molecule has 0 aliphatic heterocycles. The van der Waals surface area contributed by atoms with E-state index in [9.17, 15) is 4.79 Å². The van der Waals surface area contributed by atoms with Crippen LogP contribution in [0, 0.1) is 5.92 Å². The average Bonchev–Trinajstić information content (AvgIpc) is 3.14. The largest absolute Gasteiger partial charge is 0.329 e. The Bertz CT molecular complexity index is 448. The Labute approximate surface area is 122 Å². The first kappa shape index (κ1) is 14.5.